The van der Waals surface area contributed by atoms with Crippen molar-refractivity contribution >= 4 is 23.7 Å². The Hall–Kier alpha value is -2.59. The Kier molecular flexibility index (Phi) is 16.0. The molecule has 1 saturated heterocycles. The van der Waals surface area contributed by atoms with Crippen LogP contribution in [0.25, 0.3) is 0 Å². The number of carbonyl (C=O) groups is 4. The first kappa shape index (κ1) is 42.4. The van der Waals surface area contributed by atoms with E-state index >= 15 is 0 Å². The normalized spacial score (nSPS) is 31.4. The number of benzene rings is 1. The molecule has 257 valence electrons. The molecule has 1 radical (unpaired) electrons. The van der Waals surface area contributed by atoms with Crippen molar-refractivity contribution in [1.82, 2.24) is 0 Å². The summed E-state index contributed by atoms with van der Waals surface area (Å²) in [5.41, 5.74) is -1.30. The molecule has 10 heteroatoms. The van der Waals surface area contributed by atoms with E-state index in [4.69, 9.17) is 18.9 Å². The van der Waals surface area contributed by atoms with Crippen LogP contribution in [0, 0.1) is 26.2 Å². The summed E-state index contributed by atoms with van der Waals surface area (Å²) >= 11 is 0. The zero-order valence-electron chi connectivity index (χ0n) is 29.3. The minimum atomic E-state index is -1.92. The molecule has 0 saturated carbocycles. The van der Waals surface area contributed by atoms with Crippen LogP contribution in [-0.2, 0) is 66.0 Å². The molecule has 7 atom stereocenters. The second-order valence-corrected chi connectivity index (χ2v) is 11.8. The Balaban J connectivity index is 0.00000271. The van der Waals surface area contributed by atoms with Crippen molar-refractivity contribution < 1.29 is 75.9 Å². The van der Waals surface area contributed by atoms with Crippen molar-refractivity contribution in [3.05, 3.63) is 84.7 Å². The van der Waals surface area contributed by atoms with Crippen LogP contribution < -0.4 is 0 Å². The Bertz CT molecular complexity index is 1380. The fraction of sp³-hybridized carbons (Fsp3) is 0.514. The number of rotatable bonds is 8. The molecule has 0 amide bonds. The molecule has 1 N–H and O–H groups in total. The topological polar surface area (TPSA) is 125 Å². The minimum Gasteiger partial charge on any atom is -0.468 e. The van der Waals surface area contributed by atoms with E-state index in [1.165, 1.54) is 13.0 Å². The summed E-state index contributed by atoms with van der Waals surface area (Å²) in [6, 6.07) is 8.37. The average Bonchev–Trinajstić information content (AvgIpc) is 3.01. The Morgan fingerprint density at radius 1 is 1.09 bits per heavy atom. The number of hydrogen-bond acceptors (Lipinski definition) is 9. The van der Waals surface area contributed by atoms with Gasteiger partial charge in [-0.1, -0.05) is 57.9 Å². The number of Topliss-reactive ketones (excluding diaryl/α,β-unsaturated/α-hetero) is 1. The summed E-state index contributed by atoms with van der Waals surface area (Å²) in [7, 11) is 0. The summed E-state index contributed by atoms with van der Waals surface area (Å²) in [4.78, 5) is 53.1. The molecule has 4 rings (SSSR count). The predicted molar refractivity (Wildman–Crippen MR) is 175 cm³/mol. The van der Waals surface area contributed by atoms with E-state index in [1.54, 1.807) is 58.0 Å². The molecule has 3 aliphatic rings. The molecular formula is C37H50O9Y-2. The number of allylic oxidation sites excluding steroid dienone is 2. The van der Waals surface area contributed by atoms with Crippen LogP contribution >= 0.6 is 0 Å². The molecule has 9 nitrogen and oxygen atoms in total. The molecule has 1 aromatic rings. The third-order valence-electron chi connectivity index (χ3n) is 9.26. The number of ketones is 1. The number of carbonyl (C=O) groups excluding carboxylic acids is 4. The molecule has 1 aromatic carbocycles. The van der Waals surface area contributed by atoms with Gasteiger partial charge in [0, 0.05) is 57.5 Å². The smallest absolute Gasteiger partial charge is 0.338 e. The van der Waals surface area contributed by atoms with Crippen LogP contribution in [0.3, 0.4) is 0 Å². The number of fused-ring (bicyclic) bond motifs is 2. The summed E-state index contributed by atoms with van der Waals surface area (Å²) in [5, 5.41) is 12.8. The fourth-order valence-corrected chi connectivity index (χ4v) is 6.89. The van der Waals surface area contributed by atoms with Crippen molar-refractivity contribution in [2.45, 2.75) is 104 Å². The molecule has 0 unspecified atom stereocenters. The molecule has 2 bridgehead atoms. The fourth-order valence-electron chi connectivity index (χ4n) is 6.89. The van der Waals surface area contributed by atoms with Crippen LogP contribution in [0.4, 0.5) is 0 Å². The van der Waals surface area contributed by atoms with E-state index in [0.717, 1.165) is 6.08 Å². The number of esters is 3. The summed E-state index contributed by atoms with van der Waals surface area (Å²) in [5.74, 6) is -4.06. The second kappa shape index (κ2) is 17.7. The maximum absolute atomic E-state index is 14.2. The first-order valence-electron chi connectivity index (χ1n) is 15.7. The molecule has 47 heavy (non-hydrogen) atoms. The molecular weight excluding hydrogens is 677 g/mol. The van der Waals surface area contributed by atoms with E-state index < -0.39 is 59.3 Å². The molecule has 2 aliphatic carbocycles. The maximum atomic E-state index is 14.2. The van der Waals surface area contributed by atoms with E-state index in [2.05, 4.69) is 6.92 Å². The Morgan fingerprint density at radius 2 is 1.70 bits per heavy atom. The quantitative estimate of drug-likeness (QED) is 0.146. The van der Waals surface area contributed by atoms with Gasteiger partial charge < -0.3 is 31.5 Å². The Morgan fingerprint density at radius 3 is 2.21 bits per heavy atom. The van der Waals surface area contributed by atoms with Crippen molar-refractivity contribution in [3.63, 3.8) is 0 Å². The zero-order chi connectivity index (χ0) is 33.7. The van der Waals surface area contributed by atoms with Gasteiger partial charge >= 0.3 is 11.9 Å². The molecule has 0 aromatic heterocycles. The van der Waals surface area contributed by atoms with Crippen LogP contribution in [0.1, 0.15) is 85.0 Å². The van der Waals surface area contributed by atoms with Gasteiger partial charge in [0.05, 0.1) is 18.1 Å². The first-order chi connectivity index (χ1) is 21.3. The van der Waals surface area contributed by atoms with E-state index in [9.17, 15) is 24.3 Å². The average molecular weight is 728 g/mol. The number of aliphatic hydroxyl groups is 1. The second-order valence-electron chi connectivity index (χ2n) is 11.8. The number of hydrogen-bond donors (Lipinski definition) is 1. The van der Waals surface area contributed by atoms with Gasteiger partial charge in [-0.3, -0.25) is 14.4 Å². The Labute approximate surface area is 305 Å². The standard InChI is InChI=1S/C34H41O9.C2H6.CH3.Y/c1-8-13-26-34(18-40-26,43-23(7)35)29-19(3)20(4)30(37)28-21(5)25(41-27(36)14-9-2)17-33(39,22(28)6)31(29)42-32(38)24-15-11-10-12-16-24;1-2;;/h9-12,14-16,22,25-26,29,31,39H,2,8,13,17-18H2,1,3-7H3;1-2H3;1H3;/q-1;;-1;/b14-9+,20-19-;;;/t22-,25+,26-,29-,31+,33+,34+;;;/m1.../s1. The molecule has 0 spiro atoms. The van der Waals surface area contributed by atoms with Crippen LogP contribution in [0.2, 0.25) is 0 Å². The summed E-state index contributed by atoms with van der Waals surface area (Å²) in [6.45, 7) is 17.6. The van der Waals surface area contributed by atoms with Crippen molar-refractivity contribution in [2.75, 3.05) is 6.61 Å². The SMILES string of the molecule is CC.[CH2-]/C=C/C(=O)O[C@H]1C[C@]2(O)[C@H](C)C(=C1C)C(=O)/C(C)=C(/C)[C@@H]([C@]1(OC(C)=O)CO[C@@H]1CCC)[C@@H]2OC(=O)c1ccccc1.[CH3-].[Y]. The van der Waals surface area contributed by atoms with Gasteiger partial charge in [0.15, 0.2) is 11.4 Å². The first-order valence-corrected chi connectivity index (χ1v) is 15.7. The monoisotopic (exact) mass is 727 g/mol. The van der Waals surface area contributed by atoms with Gasteiger partial charge in [-0.15, -0.1) is 6.08 Å². The minimum absolute atomic E-state index is 0. The van der Waals surface area contributed by atoms with E-state index in [0.29, 0.717) is 29.6 Å². The third-order valence-corrected chi connectivity index (χ3v) is 9.26. The van der Waals surface area contributed by atoms with Gasteiger partial charge in [0.2, 0.25) is 5.97 Å². The largest absolute Gasteiger partial charge is 0.468 e. The van der Waals surface area contributed by atoms with Crippen LogP contribution in [0.15, 0.2) is 64.8 Å². The number of ether oxygens (including phenoxy) is 4. The van der Waals surface area contributed by atoms with Gasteiger partial charge in [-0.05, 0) is 50.5 Å². The molecule has 1 fully saturated rings. The van der Waals surface area contributed by atoms with Crippen molar-refractivity contribution in [3.8, 4) is 0 Å². The van der Waals surface area contributed by atoms with Gasteiger partial charge in [-0.25, -0.2) is 17.8 Å². The predicted octanol–water partition coefficient (Wildman–Crippen LogP) is 6.11. The summed E-state index contributed by atoms with van der Waals surface area (Å²) < 4.78 is 24.0. The third kappa shape index (κ3) is 8.18. The maximum Gasteiger partial charge on any atom is 0.338 e. The van der Waals surface area contributed by atoms with Gasteiger partial charge in [0.1, 0.15) is 23.9 Å². The van der Waals surface area contributed by atoms with E-state index in [-0.39, 0.29) is 70.1 Å². The molecule has 1 aliphatic heterocycles. The molecule has 1 heterocycles. The van der Waals surface area contributed by atoms with Crippen molar-refractivity contribution in [2.24, 2.45) is 11.8 Å². The van der Waals surface area contributed by atoms with Gasteiger partial charge in [-0.2, -0.15) is 0 Å². The summed E-state index contributed by atoms with van der Waals surface area (Å²) in [6.07, 6.45) is 0.614. The zero-order valence-corrected chi connectivity index (χ0v) is 32.1. The van der Waals surface area contributed by atoms with Crippen molar-refractivity contribution in [1.29, 1.82) is 0 Å². The van der Waals surface area contributed by atoms with E-state index in [1.807, 2.05) is 20.8 Å². The van der Waals surface area contributed by atoms with Crippen LogP contribution in [0.5, 0.6) is 0 Å². The van der Waals surface area contributed by atoms with Crippen LogP contribution in [-0.4, -0.2) is 64.9 Å². The van der Waals surface area contributed by atoms with Gasteiger partial charge in [0.25, 0.3) is 0 Å².